The number of carbonyl (C=O) groups excluding carboxylic acids is 1. The third-order valence-corrected chi connectivity index (χ3v) is 3.42. The number of ketones is 1. The normalized spacial score (nSPS) is 15.2. The van der Waals surface area contributed by atoms with Crippen molar-refractivity contribution < 1.29 is 4.79 Å². The van der Waals surface area contributed by atoms with E-state index in [1.165, 1.54) is 18.5 Å². The van der Waals surface area contributed by atoms with E-state index in [0.717, 1.165) is 31.5 Å². The highest BCUT2D eigenvalue weighted by molar-refractivity contribution is 5.96. The van der Waals surface area contributed by atoms with Gasteiger partial charge < -0.3 is 4.90 Å². The fraction of sp³-hybridized carbons (Fsp3) is 0.533. The number of anilines is 1. The van der Waals surface area contributed by atoms with E-state index in [1.54, 1.807) is 0 Å². The molecule has 1 saturated heterocycles. The van der Waals surface area contributed by atoms with Crippen molar-refractivity contribution in [2.24, 2.45) is 0 Å². The SMILES string of the molecule is CCCCC(=O)c1ccc(N2CCCC2)cc1. The summed E-state index contributed by atoms with van der Waals surface area (Å²) in [6.07, 6.45) is 5.33. The van der Waals surface area contributed by atoms with E-state index < -0.39 is 0 Å². The molecule has 0 aromatic heterocycles. The second-order valence-corrected chi connectivity index (χ2v) is 4.77. The average Bonchev–Trinajstić information content (AvgIpc) is 2.90. The molecule has 0 bridgehead atoms. The van der Waals surface area contributed by atoms with Crippen LogP contribution in [0.3, 0.4) is 0 Å². The van der Waals surface area contributed by atoms with E-state index >= 15 is 0 Å². The maximum atomic E-state index is 11.8. The number of carbonyl (C=O) groups is 1. The minimum atomic E-state index is 0.278. The van der Waals surface area contributed by atoms with E-state index in [-0.39, 0.29) is 5.78 Å². The molecule has 1 aromatic carbocycles. The zero-order valence-electron chi connectivity index (χ0n) is 10.6. The molecule has 0 radical (unpaired) electrons. The molecule has 2 rings (SSSR count). The smallest absolute Gasteiger partial charge is 0.162 e. The van der Waals surface area contributed by atoms with Crippen LogP contribution in [-0.2, 0) is 0 Å². The monoisotopic (exact) mass is 231 g/mol. The van der Waals surface area contributed by atoms with Gasteiger partial charge in [-0.3, -0.25) is 4.79 Å². The third-order valence-electron chi connectivity index (χ3n) is 3.42. The Hall–Kier alpha value is -1.31. The fourth-order valence-corrected chi connectivity index (χ4v) is 2.32. The van der Waals surface area contributed by atoms with Gasteiger partial charge in [0.15, 0.2) is 5.78 Å². The van der Waals surface area contributed by atoms with Gasteiger partial charge in [-0.15, -0.1) is 0 Å². The number of benzene rings is 1. The standard InChI is InChI=1S/C15H21NO/c1-2-3-6-15(17)13-7-9-14(10-8-13)16-11-4-5-12-16/h7-10H,2-6,11-12H2,1H3. The van der Waals surface area contributed by atoms with E-state index in [2.05, 4.69) is 24.0 Å². The van der Waals surface area contributed by atoms with Crippen LogP contribution in [0.25, 0.3) is 0 Å². The van der Waals surface area contributed by atoms with Crippen molar-refractivity contribution in [3.63, 3.8) is 0 Å². The number of hydrogen-bond acceptors (Lipinski definition) is 2. The first-order valence-corrected chi connectivity index (χ1v) is 6.69. The molecule has 1 fully saturated rings. The summed E-state index contributed by atoms with van der Waals surface area (Å²) in [5, 5.41) is 0. The summed E-state index contributed by atoms with van der Waals surface area (Å²) in [7, 11) is 0. The maximum absolute atomic E-state index is 11.8. The van der Waals surface area contributed by atoms with Gasteiger partial charge in [0.2, 0.25) is 0 Å². The van der Waals surface area contributed by atoms with Crippen molar-refractivity contribution in [2.45, 2.75) is 39.0 Å². The Balaban J connectivity index is 1.99. The Bertz CT molecular complexity index is 363. The summed E-state index contributed by atoms with van der Waals surface area (Å²) in [5.74, 6) is 0.278. The van der Waals surface area contributed by atoms with E-state index in [4.69, 9.17) is 0 Å². The number of rotatable bonds is 5. The zero-order chi connectivity index (χ0) is 12.1. The number of unbranched alkanes of at least 4 members (excludes halogenated alkanes) is 1. The molecule has 1 heterocycles. The van der Waals surface area contributed by atoms with Crippen LogP contribution in [0.2, 0.25) is 0 Å². The van der Waals surface area contributed by atoms with Crippen molar-refractivity contribution in [3.05, 3.63) is 29.8 Å². The van der Waals surface area contributed by atoms with Crippen molar-refractivity contribution in [1.29, 1.82) is 0 Å². The Kier molecular flexibility index (Phi) is 4.18. The molecule has 0 saturated carbocycles. The topological polar surface area (TPSA) is 20.3 Å². The fourth-order valence-electron chi connectivity index (χ4n) is 2.32. The first kappa shape index (κ1) is 12.2. The van der Waals surface area contributed by atoms with Crippen LogP contribution in [0.1, 0.15) is 49.4 Å². The number of hydrogen-bond donors (Lipinski definition) is 0. The predicted octanol–water partition coefficient (Wildman–Crippen LogP) is 3.66. The van der Waals surface area contributed by atoms with Crippen molar-refractivity contribution >= 4 is 11.5 Å². The first-order valence-electron chi connectivity index (χ1n) is 6.69. The molecule has 1 aliphatic rings. The average molecular weight is 231 g/mol. The summed E-state index contributed by atoms with van der Waals surface area (Å²) in [4.78, 5) is 14.2. The summed E-state index contributed by atoms with van der Waals surface area (Å²) in [6, 6.07) is 8.13. The largest absolute Gasteiger partial charge is 0.372 e. The second kappa shape index (κ2) is 5.85. The lowest BCUT2D eigenvalue weighted by Crippen LogP contribution is -2.17. The lowest BCUT2D eigenvalue weighted by atomic mass is 10.1. The van der Waals surface area contributed by atoms with Gasteiger partial charge in [-0.2, -0.15) is 0 Å². The van der Waals surface area contributed by atoms with Crippen molar-refractivity contribution in [3.8, 4) is 0 Å². The van der Waals surface area contributed by atoms with Gasteiger partial charge in [0, 0.05) is 30.8 Å². The van der Waals surface area contributed by atoms with Crippen molar-refractivity contribution in [2.75, 3.05) is 18.0 Å². The van der Waals surface area contributed by atoms with Crippen LogP contribution < -0.4 is 4.90 Å². The summed E-state index contributed by atoms with van der Waals surface area (Å²) in [5.41, 5.74) is 2.12. The van der Waals surface area contributed by atoms with Gasteiger partial charge in [-0.25, -0.2) is 0 Å². The van der Waals surface area contributed by atoms with Gasteiger partial charge in [-0.05, 0) is 43.5 Å². The quantitative estimate of drug-likeness (QED) is 0.721. The van der Waals surface area contributed by atoms with Crippen LogP contribution in [0.4, 0.5) is 5.69 Å². The Morgan fingerprint density at radius 2 is 1.82 bits per heavy atom. The minimum Gasteiger partial charge on any atom is -0.372 e. The van der Waals surface area contributed by atoms with Gasteiger partial charge in [-0.1, -0.05) is 13.3 Å². The molecule has 0 atom stereocenters. The molecule has 0 aliphatic carbocycles. The molecule has 2 nitrogen and oxygen atoms in total. The predicted molar refractivity (Wildman–Crippen MR) is 71.7 cm³/mol. The maximum Gasteiger partial charge on any atom is 0.162 e. The molecule has 1 aromatic rings. The molecule has 1 aliphatic heterocycles. The summed E-state index contributed by atoms with van der Waals surface area (Å²) < 4.78 is 0. The van der Waals surface area contributed by atoms with Crippen molar-refractivity contribution in [1.82, 2.24) is 0 Å². The molecular formula is C15H21NO. The van der Waals surface area contributed by atoms with E-state index in [1.807, 2.05) is 12.1 Å². The van der Waals surface area contributed by atoms with Crippen LogP contribution >= 0.6 is 0 Å². The molecule has 17 heavy (non-hydrogen) atoms. The van der Waals surface area contributed by atoms with E-state index in [0.29, 0.717) is 6.42 Å². The van der Waals surface area contributed by atoms with E-state index in [9.17, 15) is 4.79 Å². The second-order valence-electron chi connectivity index (χ2n) is 4.77. The molecule has 0 unspecified atom stereocenters. The molecular weight excluding hydrogens is 210 g/mol. The summed E-state index contributed by atoms with van der Waals surface area (Å²) in [6.45, 7) is 4.43. The number of nitrogens with zero attached hydrogens (tertiary/aromatic N) is 1. The third kappa shape index (κ3) is 3.09. The minimum absolute atomic E-state index is 0.278. The van der Waals surface area contributed by atoms with Crippen LogP contribution in [0, 0.1) is 0 Å². The zero-order valence-corrected chi connectivity index (χ0v) is 10.6. The molecule has 0 N–H and O–H groups in total. The Morgan fingerprint density at radius 3 is 2.41 bits per heavy atom. The Labute approximate surface area is 104 Å². The van der Waals surface area contributed by atoms with Gasteiger partial charge >= 0.3 is 0 Å². The molecule has 92 valence electrons. The van der Waals surface area contributed by atoms with Crippen LogP contribution in [0.5, 0.6) is 0 Å². The van der Waals surface area contributed by atoms with Crippen LogP contribution in [-0.4, -0.2) is 18.9 Å². The highest BCUT2D eigenvalue weighted by Crippen LogP contribution is 2.21. The van der Waals surface area contributed by atoms with Crippen LogP contribution in [0.15, 0.2) is 24.3 Å². The lowest BCUT2D eigenvalue weighted by molar-refractivity contribution is 0.0980. The lowest BCUT2D eigenvalue weighted by Gasteiger charge is -2.17. The molecule has 0 spiro atoms. The number of Topliss-reactive ketones (excluding diaryl/α,β-unsaturated/α-hetero) is 1. The van der Waals surface area contributed by atoms with Gasteiger partial charge in [0.25, 0.3) is 0 Å². The molecule has 0 amide bonds. The molecule has 2 heteroatoms. The van der Waals surface area contributed by atoms with Gasteiger partial charge in [0.1, 0.15) is 0 Å². The highest BCUT2D eigenvalue weighted by atomic mass is 16.1. The Morgan fingerprint density at radius 1 is 1.18 bits per heavy atom. The van der Waals surface area contributed by atoms with Gasteiger partial charge in [0.05, 0.1) is 0 Å². The highest BCUT2D eigenvalue weighted by Gasteiger charge is 2.12. The first-order chi connectivity index (χ1) is 8.31. The summed E-state index contributed by atoms with van der Waals surface area (Å²) >= 11 is 0.